The van der Waals surface area contributed by atoms with Crippen molar-refractivity contribution in [1.29, 1.82) is 0 Å². The standard InChI is InChI=1S/C20H28N2O4/c23-19(11-13-22-12-3-1-2-6-20(22)24)21-16-7-9-17(10-8-16)26-15-18-5-4-14-25-18/h7-10,18H,1-6,11-15H2,(H,21,23). The van der Waals surface area contributed by atoms with E-state index in [9.17, 15) is 9.59 Å². The van der Waals surface area contributed by atoms with E-state index in [2.05, 4.69) is 5.32 Å². The van der Waals surface area contributed by atoms with Crippen LogP contribution in [0, 0.1) is 0 Å². The van der Waals surface area contributed by atoms with Crippen LogP contribution in [0.5, 0.6) is 5.75 Å². The van der Waals surface area contributed by atoms with Gasteiger partial charge in [-0.05, 0) is 49.9 Å². The molecule has 6 heteroatoms. The molecule has 1 N–H and O–H groups in total. The van der Waals surface area contributed by atoms with Gasteiger partial charge in [-0.15, -0.1) is 0 Å². The molecule has 0 bridgehead atoms. The largest absolute Gasteiger partial charge is 0.491 e. The van der Waals surface area contributed by atoms with E-state index in [1.54, 1.807) is 0 Å². The predicted molar refractivity (Wildman–Crippen MR) is 99.2 cm³/mol. The van der Waals surface area contributed by atoms with Crippen molar-refractivity contribution in [2.45, 2.75) is 51.0 Å². The number of rotatable bonds is 7. The summed E-state index contributed by atoms with van der Waals surface area (Å²) in [5, 5.41) is 2.88. The quantitative estimate of drug-likeness (QED) is 0.812. The zero-order valence-electron chi connectivity index (χ0n) is 15.2. The first-order valence-corrected chi connectivity index (χ1v) is 9.63. The van der Waals surface area contributed by atoms with Crippen molar-refractivity contribution in [2.75, 3.05) is 31.6 Å². The smallest absolute Gasteiger partial charge is 0.226 e. The molecular weight excluding hydrogens is 332 g/mol. The molecule has 1 aromatic rings. The highest BCUT2D eigenvalue weighted by Crippen LogP contribution is 2.19. The monoisotopic (exact) mass is 360 g/mol. The number of ether oxygens (including phenoxy) is 2. The number of likely N-dealkylation sites (tertiary alicyclic amines) is 1. The maximum absolute atomic E-state index is 12.1. The van der Waals surface area contributed by atoms with E-state index in [-0.39, 0.29) is 17.9 Å². The number of nitrogens with zero attached hydrogens (tertiary/aromatic N) is 1. The number of benzene rings is 1. The van der Waals surface area contributed by atoms with Crippen LogP contribution >= 0.6 is 0 Å². The van der Waals surface area contributed by atoms with Gasteiger partial charge in [0.15, 0.2) is 0 Å². The summed E-state index contributed by atoms with van der Waals surface area (Å²) in [6.45, 7) is 2.65. The molecule has 26 heavy (non-hydrogen) atoms. The Hall–Kier alpha value is -2.08. The molecule has 0 saturated carbocycles. The van der Waals surface area contributed by atoms with E-state index < -0.39 is 0 Å². The number of amides is 2. The Balaban J connectivity index is 1.40. The molecule has 0 aliphatic carbocycles. The average molecular weight is 360 g/mol. The van der Waals surface area contributed by atoms with Crippen molar-refractivity contribution in [3.05, 3.63) is 24.3 Å². The van der Waals surface area contributed by atoms with Crippen molar-refractivity contribution in [3.8, 4) is 5.75 Å². The van der Waals surface area contributed by atoms with Crippen LogP contribution in [0.1, 0.15) is 44.9 Å². The minimum atomic E-state index is -0.0740. The number of hydrogen-bond donors (Lipinski definition) is 1. The Kier molecular flexibility index (Phi) is 6.89. The molecule has 2 aliphatic heterocycles. The second-order valence-corrected chi connectivity index (χ2v) is 6.96. The highest BCUT2D eigenvalue weighted by atomic mass is 16.5. The highest BCUT2D eigenvalue weighted by Gasteiger charge is 2.18. The summed E-state index contributed by atoms with van der Waals surface area (Å²) in [4.78, 5) is 25.9. The Morgan fingerprint density at radius 1 is 1.19 bits per heavy atom. The Bertz CT molecular complexity index is 596. The van der Waals surface area contributed by atoms with Gasteiger partial charge in [0.05, 0.1) is 6.10 Å². The van der Waals surface area contributed by atoms with E-state index in [1.165, 1.54) is 0 Å². The number of carbonyl (C=O) groups excluding carboxylic acids is 2. The van der Waals surface area contributed by atoms with Gasteiger partial charge in [-0.2, -0.15) is 0 Å². The van der Waals surface area contributed by atoms with Gasteiger partial charge in [0.2, 0.25) is 11.8 Å². The van der Waals surface area contributed by atoms with Crippen molar-refractivity contribution < 1.29 is 19.1 Å². The second-order valence-electron chi connectivity index (χ2n) is 6.96. The lowest BCUT2D eigenvalue weighted by molar-refractivity contribution is -0.131. The highest BCUT2D eigenvalue weighted by molar-refractivity contribution is 5.91. The van der Waals surface area contributed by atoms with E-state index in [0.29, 0.717) is 26.0 Å². The van der Waals surface area contributed by atoms with Crippen molar-refractivity contribution in [3.63, 3.8) is 0 Å². The van der Waals surface area contributed by atoms with Crippen LogP contribution in [0.2, 0.25) is 0 Å². The fourth-order valence-corrected chi connectivity index (χ4v) is 3.33. The van der Waals surface area contributed by atoms with Gasteiger partial charge in [-0.1, -0.05) is 6.42 Å². The Labute approximate surface area is 154 Å². The Morgan fingerprint density at radius 3 is 2.81 bits per heavy atom. The minimum absolute atomic E-state index is 0.0740. The summed E-state index contributed by atoms with van der Waals surface area (Å²) >= 11 is 0. The fraction of sp³-hybridized carbons (Fsp3) is 0.600. The number of hydrogen-bond acceptors (Lipinski definition) is 4. The van der Waals surface area contributed by atoms with E-state index >= 15 is 0 Å². The van der Waals surface area contributed by atoms with Crippen LogP contribution in [-0.2, 0) is 14.3 Å². The molecule has 1 aromatic carbocycles. The molecule has 2 saturated heterocycles. The van der Waals surface area contributed by atoms with Crippen molar-refractivity contribution in [2.24, 2.45) is 0 Å². The van der Waals surface area contributed by atoms with E-state index in [4.69, 9.17) is 9.47 Å². The molecule has 6 nitrogen and oxygen atoms in total. The van der Waals surface area contributed by atoms with Crippen LogP contribution in [0.4, 0.5) is 5.69 Å². The molecule has 142 valence electrons. The summed E-state index contributed by atoms with van der Waals surface area (Å²) in [6, 6.07) is 7.37. The van der Waals surface area contributed by atoms with Gasteiger partial charge in [-0.25, -0.2) is 0 Å². The molecule has 2 heterocycles. The normalized spacial score (nSPS) is 20.7. The molecule has 2 fully saturated rings. The topological polar surface area (TPSA) is 67.9 Å². The molecule has 2 aliphatic rings. The molecule has 2 amide bonds. The summed E-state index contributed by atoms with van der Waals surface area (Å²) in [7, 11) is 0. The summed E-state index contributed by atoms with van der Waals surface area (Å²) in [6.07, 6.45) is 6.35. The van der Waals surface area contributed by atoms with Crippen LogP contribution in [-0.4, -0.2) is 49.1 Å². The van der Waals surface area contributed by atoms with Crippen molar-refractivity contribution >= 4 is 17.5 Å². The zero-order valence-corrected chi connectivity index (χ0v) is 15.2. The number of nitrogens with one attached hydrogen (secondary N) is 1. The summed E-state index contributed by atoms with van der Waals surface area (Å²) in [5.74, 6) is 0.867. The molecule has 0 radical (unpaired) electrons. The Morgan fingerprint density at radius 2 is 2.04 bits per heavy atom. The molecule has 0 aromatic heterocycles. The lowest BCUT2D eigenvalue weighted by Gasteiger charge is -2.20. The summed E-state index contributed by atoms with van der Waals surface area (Å²) in [5.41, 5.74) is 0.738. The predicted octanol–water partition coefficient (Wildman–Crippen LogP) is 2.98. The van der Waals surface area contributed by atoms with Crippen molar-refractivity contribution in [1.82, 2.24) is 4.90 Å². The maximum atomic E-state index is 12.1. The molecule has 0 spiro atoms. The van der Waals surface area contributed by atoms with Crippen LogP contribution in [0.3, 0.4) is 0 Å². The summed E-state index contributed by atoms with van der Waals surface area (Å²) < 4.78 is 11.3. The van der Waals surface area contributed by atoms with Gasteiger partial charge < -0.3 is 19.7 Å². The molecule has 1 atom stereocenters. The van der Waals surface area contributed by atoms with Gasteiger partial charge in [-0.3, -0.25) is 9.59 Å². The van der Waals surface area contributed by atoms with Crippen LogP contribution < -0.4 is 10.1 Å². The SMILES string of the molecule is O=C(CCN1CCCCCC1=O)Nc1ccc(OCC2CCCO2)cc1. The molecule has 1 unspecified atom stereocenters. The number of carbonyl (C=O) groups is 2. The first-order chi connectivity index (χ1) is 12.7. The third kappa shape index (κ3) is 5.73. The molecular formula is C20H28N2O4. The van der Waals surface area contributed by atoms with Gasteiger partial charge in [0.25, 0.3) is 0 Å². The lowest BCUT2D eigenvalue weighted by atomic mass is 10.2. The average Bonchev–Trinajstić information content (AvgIpc) is 3.08. The zero-order chi connectivity index (χ0) is 18.2. The van der Waals surface area contributed by atoms with E-state index in [0.717, 1.165) is 56.7 Å². The van der Waals surface area contributed by atoms with Crippen LogP contribution in [0.15, 0.2) is 24.3 Å². The first kappa shape index (κ1) is 18.7. The second kappa shape index (κ2) is 9.57. The minimum Gasteiger partial charge on any atom is -0.491 e. The first-order valence-electron chi connectivity index (χ1n) is 9.63. The number of anilines is 1. The van der Waals surface area contributed by atoms with Crippen LogP contribution in [0.25, 0.3) is 0 Å². The van der Waals surface area contributed by atoms with Gasteiger partial charge >= 0.3 is 0 Å². The third-order valence-electron chi connectivity index (χ3n) is 4.88. The van der Waals surface area contributed by atoms with Gasteiger partial charge in [0, 0.05) is 38.2 Å². The fourth-order valence-electron chi connectivity index (χ4n) is 3.33. The van der Waals surface area contributed by atoms with E-state index in [1.807, 2.05) is 29.2 Å². The maximum Gasteiger partial charge on any atom is 0.226 e. The third-order valence-corrected chi connectivity index (χ3v) is 4.88. The molecule has 3 rings (SSSR count). The van der Waals surface area contributed by atoms with Gasteiger partial charge in [0.1, 0.15) is 12.4 Å². The lowest BCUT2D eigenvalue weighted by Crippen LogP contribution is -2.33.